The van der Waals surface area contributed by atoms with E-state index >= 15 is 0 Å². The van der Waals surface area contributed by atoms with Gasteiger partial charge in [0.1, 0.15) is 5.15 Å². The number of rotatable bonds is 4. The molecule has 1 N–H and O–H groups in total. The van der Waals surface area contributed by atoms with Crippen molar-refractivity contribution >= 4 is 11.6 Å². The van der Waals surface area contributed by atoms with Crippen LogP contribution in [0.3, 0.4) is 0 Å². The number of pyridine rings is 1. The molecule has 0 fully saturated rings. The van der Waals surface area contributed by atoms with Crippen LogP contribution in [0.15, 0.2) is 31.0 Å². The highest BCUT2D eigenvalue weighted by Crippen LogP contribution is 2.20. The van der Waals surface area contributed by atoms with Gasteiger partial charge in [0.2, 0.25) is 0 Å². The van der Waals surface area contributed by atoms with Crippen molar-refractivity contribution in [2.24, 2.45) is 0 Å². The van der Waals surface area contributed by atoms with Gasteiger partial charge in [0, 0.05) is 23.8 Å². The number of hydrogen-bond donors (Lipinski definition) is 1. The molecule has 0 saturated heterocycles. The lowest BCUT2D eigenvalue weighted by Gasteiger charge is -2.18. The molecule has 2 atom stereocenters. The van der Waals surface area contributed by atoms with Crippen LogP contribution in [0.4, 0.5) is 0 Å². The maximum Gasteiger partial charge on any atom is 0.133 e. The Morgan fingerprint density at radius 3 is 2.86 bits per heavy atom. The zero-order valence-electron chi connectivity index (χ0n) is 8.50. The van der Waals surface area contributed by atoms with E-state index in [4.69, 9.17) is 11.6 Å². The second-order valence-corrected chi connectivity index (χ2v) is 3.65. The van der Waals surface area contributed by atoms with Crippen molar-refractivity contribution in [2.45, 2.75) is 25.9 Å². The van der Waals surface area contributed by atoms with Crippen molar-refractivity contribution in [3.8, 4) is 0 Å². The van der Waals surface area contributed by atoms with Crippen LogP contribution in [0.5, 0.6) is 0 Å². The van der Waals surface area contributed by atoms with Crippen molar-refractivity contribution in [1.29, 1.82) is 0 Å². The van der Waals surface area contributed by atoms with Crippen molar-refractivity contribution in [3.63, 3.8) is 0 Å². The fourth-order valence-corrected chi connectivity index (χ4v) is 1.56. The van der Waals surface area contributed by atoms with Gasteiger partial charge in [0.15, 0.2) is 0 Å². The van der Waals surface area contributed by atoms with Crippen LogP contribution in [0, 0.1) is 0 Å². The molecule has 0 amide bonds. The molecule has 1 aromatic heterocycles. The fraction of sp³-hybridized carbons (Fsp3) is 0.364. The molecule has 2 unspecified atom stereocenters. The SMILES string of the molecule is C=CC(C)NC(C)c1cccnc1Cl. The first-order valence-electron chi connectivity index (χ1n) is 4.64. The summed E-state index contributed by atoms with van der Waals surface area (Å²) in [5, 5.41) is 3.90. The third-order valence-corrected chi connectivity index (χ3v) is 2.44. The van der Waals surface area contributed by atoms with E-state index < -0.39 is 0 Å². The third-order valence-electron chi connectivity index (χ3n) is 2.12. The average Bonchev–Trinajstić information content (AvgIpc) is 2.18. The van der Waals surface area contributed by atoms with Crippen LogP contribution in [-0.4, -0.2) is 11.0 Å². The molecular formula is C11H15ClN2. The molecule has 0 bridgehead atoms. The van der Waals surface area contributed by atoms with Crippen LogP contribution >= 0.6 is 11.6 Å². The molecule has 76 valence electrons. The lowest BCUT2D eigenvalue weighted by Crippen LogP contribution is -2.27. The van der Waals surface area contributed by atoms with E-state index in [1.54, 1.807) is 6.20 Å². The molecule has 1 heterocycles. The van der Waals surface area contributed by atoms with E-state index in [-0.39, 0.29) is 12.1 Å². The summed E-state index contributed by atoms with van der Waals surface area (Å²) in [6, 6.07) is 4.31. The summed E-state index contributed by atoms with van der Waals surface area (Å²) in [5.41, 5.74) is 1.02. The molecule has 0 saturated carbocycles. The number of hydrogen-bond acceptors (Lipinski definition) is 2. The molecule has 2 nitrogen and oxygen atoms in total. The van der Waals surface area contributed by atoms with Crippen LogP contribution in [0.25, 0.3) is 0 Å². The minimum absolute atomic E-state index is 0.184. The van der Waals surface area contributed by atoms with Gasteiger partial charge in [-0.25, -0.2) is 4.98 Å². The van der Waals surface area contributed by atoms with Crippen LogP contribution < -0.4 is 5.32 Å². The van der Waals surface area contributed by atoms with Crippen molar-refractivity contribution < 1.29 is 0 Å². The van der Waals surface area contributed by atoms with Gasteiger partial charge in [-0.3, -0.25) is 0 Å². The number of halogens is 1. The molecular weight excluding hydrogens is 196 g/mol. The predicted octanol–water partition coefficient (Wildman–Crippen LogP) is 2.96. The van der Waals surface area contributed by atoms with Gasteiger partial charge in [-0.1, -0.05) is 23.7 Å². The molecule has 0 aliphatic rings. The van der Waals surface area contributed by atoms with Gasteiger partial charge in [-0.05, 0) is 19.9 Å². The maximum absolute atomic E-state index is 5.97. The summed E-state index contributed by atoms with van der Waals surface area (Å²) in [6.45, 7) is 7.83. The molecule has 14 heavy (non-hydrogen) atoms. The second-order valence-electron chi connectivity index (χ2n) is 3.30. The largest absolute Gasteiger partial charge is 0.304 e. The van der Waals surface area contributed by atoms with Crippen LogP contribution in [0.2, 0.25) is 5.15 Å². The van der Waals surface area contributed by atoms with E-state index in [9.17, 15) is 0 Å². The van der Waals surface area contributed by atoms with E-state index in [0.29, 0.717) is 5.15 Å². The van der Waals surface area contributed by atoms with Gasteiger partial charge in [-0.15, -0.1) is 6.58 Å². The number of nitrogens with zero attached hydrogens (tertiary/aromatic N) is 1. The second kappa shape index (κ2) is 5.13. The summed E-state index contributed by atoms with van der Waals surface area (Å²) >= 11 is 5.97. The highest BCUT2D eigenvalue weighted by molar-refractivity contribution is 6.30. The highest BCUT2D eigenvalue weighted by Gasteiger charge is 2.10. The Kier molecular flexibility index (Phi) is 4.11. The molecule has 0 aliphatic heterocycles. The van der Waals surface area contributed by atoms with Crippen molar-refractivity contribution in [3.05, 3.63) is 41.7 Å². The topological polar surface area (TPSA) is 24.9 Å². The predicted molar refractivity (Wildman–Crippen MR) is 60.5 cm³/mol. The molecule has 1 aromatic rings. The van der Waals surface area contributed by atoms with Crippen molar-refractivity contribution in [2.75, 3.05) is 0 Å². The summed E-state index contributed by atoms with van der Waals surface area (Å²) in [5.74, 6) is 0. The molecule has 0 spiro atoms. The minimum Gasteiger partial charge on any atom is -0.304 e. The molecule has 0 aliphatic carbocycles. The Morgan fingerprint density at radius 2 is 2.29 bits per heavy atom. The Balaban J connectivity index is 2.74. The number of aromatic nitrogens is 1. The van der Waals surface area contributed by atoms with Crippen LogP contribution in [0.1, 0.15) is 25.5 Å². The van der Waals surface area contributed by atoms with Gasteiger partial charge in [0.05, 0.1) is 0 Å². The molecule has 3 heteroatoms. The minimum atomic E-state index is 0.184. The smallest absolute Gasteiger partial charge is 0.133 e. The highest BCUT2D eigenvalue weighted by atomic mass is 35.5. The molecule has 0 aromatic carbocycles. The molecule has 1 rings (SSSR count). The quantitative estimate of drug-likeness (QED) is 0.611. The first-order chi connectivity index (χ1) is 6.65. The molecule has 0 radical (unpaired) electrons. The summed E-state index contributed by atoms with van der Waals surface area (Å²) in [6.07, 6.45) is 3.55. The normalized spacial score (nSPS) is 14.8. The Morgan fingerprint density at radius 1 is 1.57 bits per heavy atom. The van der Waals surface area contributed by atoms with E-state index in [1.165, 1.54) is 0 Å². The van der Waals surface area contributed by atoms with E-state index in [0.717, 1.165) is 5.56 Å². The van der Waals surface area contributed by atoms with Crippen molar-refractivity contribution in [1.82, 2.24) is 10.3 Å². The van der Waals surface area contributed by atoms with Gasteiger partial charge < -0.3 is 5.32 Å². The maximum atomic E-state index is 5.97. The number of nitrogens with one attached hydrogen (secondary N) is 1. The Hall–Kier alpha value is -0.860. The average molecular weight is 211 g/mol. The van der Waals surface area contributed by atoms with Gasteiger partial charge in [-0.2, -0.15) is 0 Å². The fourth-order valence-electron chi connectivity index (χ4n) is 1.27. The monoisotopic (exact) mass is 210 g/mol. The lowest BCUT2D eigenvalue weighted by molar-refractivity contribution is 0.536. The van der Waals surface area contributed by atoms with E-state index in [1.807, 2.05) is 25.1 Å². The summed E-state index contributed by atoms with van der Waals surface area (Å²) in [7, 11) is 0. The standard InChI is InChI=1S/C11H15ClN2/c1-4-8(2)14-9(3)10-6-5-7-13-11(10)12/h4-9,14H,1H2,2-3H3. The third kappa shape index (κ3) is 2.82. The van der Waals surface area contributed by atoms with Gasteiger partial charge >= 0.3 is 0 Å². The summed E-state index contributed by atoms with van der Waals surface area (Å²) in [4.78, 5) is 4.03. The first-order valence-corrected chi connectivity index (χ1v) is 5.02. The zero-order valence-corrected chi connectivity index (χ0v) is 9.25. The Labute approximate surface area is 90.0 Å². The summed E-state index contributed by atoms with van der Waals surface area (Å²) < 4.78 is 0. The Bertz CT molecular complexity index is 312. The van der Waals surface area contributed by atoms with Gasteiger partial charge in [0.25, 0.3) is 0 Å². The van der Waals surface area contributed by atoms with E-state index in [2.05, 4.69) is 23.8 Å². The lowest BCUT2D eigenvalue weighted by atomic mass is 10.1. The zero-order chi connectivity index (χ0) is 10.6. The first kappa shape index (κ1) is 11.2. The van der Waals surface area contributed by atoms with Crippen LogP contribution in [-0.2, 0) is 0 Å².